The first kappa shape index (κ1) is 14.1. The van der Waals surface area contributed by atoms with Gasteiger partial charge in [0.1, 0.15) is 18.2 Å². The third-order valence-electron chi connectivity index (χ3n) is 3.06. The Bertz CT molecular complexity index is 555. The third kappa shape index (κ3) is 2.97. The summed E-state index contributed by atoms with van der Waals surface area (Å²) in [5.41, 5.74) is 9.36. The standard InChI is InChI=1S/C12H16N6O2/c1-3-20-11(19)7-18-5-4-10(16-17-13)9-6-14-8(2)15-12(9)18/h6,10H,3-5,7H2,1-2H3. The number of rotatable bonds is 4. The average Bonchev–Trinajstić information content (AvgIpc) is 2.42. The monoisotopic (exact) mass is 276 g/mol. The van der Waals surface area contributed by atoms with Gasteiger partial charge in [0.05, 0.1) is 12.6 Å². The van der Waals surface area contributed by atoms with Crippen molar-refractivity contribution in [1.29, 1.82) is 0 Å². The summed E-state index contributed by atoms with van der Waals surface area (Å²) < 4.78 is 4.96. The topological polar surface area (TPSA) is 104 Å². The lowest BCUT2D eigenvalue weighted by atomic mass is 10.0. The van der Waals surface area contributed by atoms with Crippen LogP contribution in [0.1, 0.15) is 30.8 Å². The number of fused-ring (bicyclic) bond motifs is 1. The van der Waals surface area contributed by atoms with Gasteiger partial charge < -0.3 is 9.64 Å². The zero-order valence-corrected chi connectivity index (χ0v) is 11.5. The van der Waals surface area contributed by atoms with E-state index in [1.807, 2.05) is 4.90 Å². The number of aromatic nitrogens is 2. The van der Waals surface area contributed by atoms with E-state index in [9.17, 15) is 4.79 Å². The lowest BCUT2D eigenvalue weighted by molar-refractivity contribution is -0.141. The summed E-state index contributed by atoms with van der Waals surface area (Å²) >= 11 is 0. The van der Waals surface area contributed by atoms with Gasteiger partial charge in [0.15, 0.2) is 0 Å². The Balaban J connectivity index is 2.29. The van der Waals surface area contributed by atoms with Gasteiger partial charge in [0.25, 0.3) is 0 Å². The van der Waals surface area contributed by atoms with Crippen molar-refractivity contribution in [1.82, 2.24) is 9.97 Å². The summed E-state index contributed by atoms with van der Waals surface area (Å²) in [6.45, 7) is 4.63. The number of hydrogen-bond acceptors (Lipinski definition) is 6. The first-order chi connectivity index (χ1) is 9.65. The highest BCUT2D eigenvalue weighted by atomic mass is 16.5. The highest BCUT2D eigenvalue weighted by Crippen LogP contribution is 2.34. The molecule has 0 aromatic carbocycles. The maximum atomic E-state index is 11.6. The van der Waals surface area contributed by atoms with Crippen LogP contribution in [0.2, 0.25) is 0 Å². The van der Waals surface area contributed by atoms with Crippen molar-refractivity contribution in [3.8, 4) is 0 Å². The van der Waals surface area contributed by atoms with Gasteiger partial charge in [-0.1, -0.05) is 5.11 Å². The molecule has 0 saturated carbocycles. The van der Waals surface area contributed by atoms with Crippen LogP contribution < -0.4 is 4.90 Å². The highest BCUT2D eigenvalue weighted by molar-refractivity contribution is 5.76. The van der Waals surface area contributed by atoms with E-state index in [0.717, 1.165) is 5.56 Å². The molecule has 1 aliphatic rings. The van der Waals surface area contributed by atoms with Crippen molar-refractivity contribution in [2.45, 2.75) is 26.3 Å². The molecule has 0 saturated heterocycles. The van der Waals surface area contributed by atoms with E-state index in [-0.39, 0.29) is 18.6 Å². The van der Waals surface area contributed by atoms with Gasteiger partial charge in [0.2, 0.25) is 0 Å². The van der Waals surface area contributed by atoms with Gasteiger partial charge in [-0.25, -0.2) is 9.97 Å². The van der Waals surface area contributed by atoms with Gasteiger partial charge in [-0.2, -0.15) is 0 Å². The second-order valence-electron chi connectivity index (χ2n) is 4.43. The van der Waals surface area contributed by atoms with Crippen LogP contribution in [0.3, 0.4) is 0 Å². The number of azide groups is 1. The van der Waals surface area contributed by atoms with Crippen molar-refractivity contribution in [2.75, 3.05) is 24.6 Å². The van der Waals surface area contributed by atoms with E-state index in [1.165, 1.54) is 0 Å². The molecule has 0 N–H and O–H groups in total. The Hall–Kier alpha value is -2.34. The molecule has 2 heterocycles. The molecule has 8 nitrogen and oxygen atoms in total. The molecule has 0 amide bonds. The summed E-state index contributed by atoms with van der Waals surface area (Å²) in [5.74, 6) is 0.963. The highest BCUT2D eigenvalue weighted by Gasteiger charge is 2.27. The molecule has 0 aliphatic carbocycles. The second kappa shape index (κ2) is 6.21. The molecular formula is C12H16N6O2. The fourth-order valence-electron chi connectivity index (χ4n) is 2.19. The van der Waals surface area contributed by atoms with Gasteiger partial charge in [-0.15, -0.1) is 0 Å². The van der Waals surface area contributed by atoms with Crippen molar-refractivity contribution in [3.05, 3.63) is 28.0 Å². The predicted octanol–water partition coefficient (Wildman–Crippen LogP) is 1.91. The minimum absolute atomic E-state index is 0.139. The number of esters is 1. The molecular weight excluding hydrogens is 260 g/mol. The second-order valence-corrected chi connectivity index (χ2v) is 4.43. The number of carbonyl (C=O) groups excluding carboxylic acids is 1. The van der Waals surface area contributed by atoms with Crippen molar-refractivity contribution in [3.63, 3.8) is 0 Å². The molecule has 0 radical (unpaired) electrons. The SMILES string of the molecule is CCOC(=O)CN1CCC(N=[N+]=[N-])c2cnc(C)nc21. The molecule has 1 aliphatic heterocycles. The molecule has 106 valence electrons. The normalized spacial score (nSPS) is 17.1. The van der Waals surface area contributed by atoms with Crippen LogP contribution in [0.4, 0.5) is 5.82 Å². The Labute approximate surface area is 116 Å². The Morgan fingerprint density at radius 1 is 1.70 bits per heavy atom. The number of carbonyl (C=O) groups is 1. The van der Waals surface area contributed by atoms with E-state index >= 15 is 0 Å². The van der Waals surface area contributed by atoms with Crippen LogP contribution in [0.25, 0.3) is 10.4 Å². The van der Waals surface area contributed by atoms with Crippen LogP contribution in [-0.4, -0.2) is 35.6 Å². The zero-order chi connectivity index (χ0) is 14.5. The van der Waals surface area contributed by atoms with Gasteiger partial charge in [-0.3, -0.25) is 4.79 Å². The molecule has 2 rings (SSSR count). The van der Waals surface area contributed by atoms with Crippen molar-refractivity contribution < 1.29 is 9.53 Å². The van der Waals surface area contributed by atoms with E-state index in [0.29, 0.717) is 31.2 Å². The molecule has 8 heteroatoms. The van der Waals surface area contributed by atoms with Crippen molar-refractivity contribution in [2.24, 2.45) is 5.11 Å². The van der Waals surface area contributed by atoms with Crippen LogP contribution in [0, 0.1) is 6.92 Å². The molecule has 1 unspecified atom stereocenters. The van der Waals surface area contributed by atoms with E-state index < -0.39 is 0 Å². The smallest absolute Gasteiger partial charge is 0.325 e. The van der Waals surface area contributed by atoms with E-state index in [4.69, 9.17) is 10.3 Å². The zero-order valence-electron chi connectivity index (χ0n) is 11.5. The quantitative estimate of drug-likeness (QED) is 0.361. The van der Waals surface area contributed by atoms with Crippen LogP contribution in [-0.2, 0) is 9.53 Å². The molecule has 0 bridgehead atoms. The van der Waals surface area contributed by atoms with E-state index in [1.54, 1.807) is 20.0 Å². The lowest BCUT2D eigenvalue weighted by Gasteiger charge is -2.31. The first-order valence-electron chi connectivity index (χ1n) is 6.44. The number of nitrogens with zero attached hydrogens (tertiary/aromatic N) is 6. The van der Waals surface area contributed by atoms with Gasteiger partial charge in [-0.05, 0) is 25.8 Å². The van der Waals surface area contributed by atoms with Gasteiger partial charge in [0, 0.05) is 23.2 Å². The van der Waals surface area contributed by atoms with E-state index in [2.05, 4.69) is 20.0 Å². The maximum absolute atomic E-state index is 11.6. The summed E-state index contributed by atoms with van der Waals surface area (Å²) in [7, 11) is 0. The number of ether oxygens (including phenoxy) is 1. The average molecular weight is 276 g/mol. The maximum Gasteiger partial charge on any atom is 0.325 e. The summed E-state index contributed by atoms with van der Waals surface area (Å²) in [6, 6.07) is -0.283. The Kier molecular flexibility index (Phi) is 4.37. The van der Waals surface area contributed by atoms with Gasteiger partial charge >= 0.3 is 5.97 Å². The minimum Gasteiger partial charge on any atom is -0.465 e. The number of aryl methyl sites for hydroxylation is 1. The molecule has 1 aromatic heterocycles. The Morgan fingerprint density at radius 2 is 2.50 bits per heavy atom. The summed E-state index contributed by atoms with van der Waals surface area (Å²) in [4.78, 5) is 24.8. The molecule has 1 aromatic rings. The Morgan fingerprint density at radius 3 is 3.20 bits per heavy atom. The molecule has 1 atom stereocenters. The number of anilines is 1. The first-order valence-corrected chi connectivity index (χ1v) is 6.44. The predicted molar refractivity (Wildman–Crippen MR) is 72.1 cm³/mol. The van der Waals surface area contributed by atoms with Crippen LogP contribution in [0.5, 0.6) is 0 Å². The largest absolute Gasteiger partial charge is 0.465 e. The lowest BCUT2D eigenvalue weighted by Crippen LogP contribution is -2.37. The summed E-state index contributed by atoms with van der Waals surface area (Å²) in [6.07, 6.45) is 2.29. The number of hydrogen-bond donors (Lipinski definition) is 0. The molecule has 0 fully saturated rings. The van der Waals surface area contributed by atoms with Crippen molar-refractivity contribution >= 4 is 11.8 Å². The molecule has 0 spiro atoms. The van der Waals surface area contributed by atoms with Crippen LogP contribution >= 0.6 is 0 Å². The third-order valence-corrected chi connectivity index (χ3v) is 3.06. The fourth-order valence-corrected chi connectivity index (χ4v) is 2.19. The van der Waals surface area contributed by atoms with Crippen LogP contribution in [0.15, 0.2) is 11.3 Å². The molecule has 20 heavy (non-hydrogen) atoms. The minimum atomic E-state index is -0.294. The summed E-state index contributed by atoms with van der Waals surface area (Å²) in [5, 5.41) is 3.76. The fraction of sp³-hybridized carbons (Fsp3) is 0.583.